The third kappa shape index (κ3) is 6.18. The first-order valence-electron chi connectivity index (χ1n) is 20.8. The van der Waals surface area contributed by atoms with Gasteiger partial charge in [-0.05, 0) is 75.8 Å². The first-order chi connectivity index (χ1) is 30.7. The van der Waals surface area contributed by atoms with Crippen LogP contribution in [0.3, 0.4) is 0 Å². The van der Waals surface area contributed by atoms with E-state index in [2.05, 4.69) is 211 Å². The lowest BCUT2D eigenvalue weighted by Crippen LogP contribution is -2.02. The van der Waals surface area contributed by atoms with Crippen LogP contribution in [0.2, 0.25) is 0 Å². The topological polar surface area (TPSA) is 43.6 Å². The average molecular weight is 809 g/mol. The molecule has 5 heteroatoms. The Hall–Kier alpha value is -7.99. The van der Waals surface area contributed by atoms with Gasteiger partial charge in [0, 0.05) is 48.6 Å². The molecule has 4 nitrogen and oxygen atoms in total. The van der Waals surface area contributed by atoms with Gasteiger partial charge in [0.2, 0.25) is 0 Å². The molecular weight excluding hydrogens is 773 g/mol. The molecule has 0 spiro atoms. The summed E-state index contributed by atoms with van der Waals surface area (Å²) in [5.41, 5.74) is 12.8. The minimum absolute atomic E-state index is 0.611. The first-order valence-corrected chi connectivity index (χ1v) is 21.7. The van der Waals surface area contributed by atoms with Crippen LogP contribution in [0.5, 0.6) is 0 Å². The molecule has 3 heterocycles. The fraction of sp³-hybridized carbons (Fsp3) is 0. The molecule has 0 aliphatic rings. The fourth-order valence-electron chi connectivity index (χ4n) is 8.91. The Morgan fingerprint density at radius 1 is 0.323 bits per heavy atom. The molecule has 290 valence electrons. The van der Waals surface area contributed by atoms with Gasteiger partial charge in [-0.2, -0.15) is 0 Å². The highest BCUT2D eigenvalue weighted by atomic mass is 32.1. The quantitative estimate of drug-likeness (QED) is 0.161. The molecule has 0 radical (unpaired) electrons. The van der Waals surface area contributed by atoms with Crippen molar-refractivity contribution in [2.24, 2.45) is 0 Å². The molecule has 0 N–H and O–H groups in total. The molecule has 0 saturated carbocycles. The van der Waals surface area contributed by atoms with E-state index in [1.165, 1.54) is 42.0 Å². The van der Waals surface area contributed by atoms with E-state index in [0.29, 0.717) is 17.5 Å². The van der Waals surface area contributed by atoms with Gasteiger partial charge in [0.25, 0.3) is 0 Å². The number of rotatable bonds is 7. The van der Waals surface area contributed by atoms with Crippen LogP contribution in [-0.2, 0) is 0 Å². The summed E-state index contributed by atoms with van der Waals surface area (Å²) < 4.78 is 5.03. The predicted octanol–water partition coefficient (Wildman–Crippen LogP) is 15.3. The zero-order valence-electron chi connectivity index (χ0n) is 33.5. The van der Waals surface area contributed by atoms with Crippen molar-refractivity contribution < 1.29 is 0 Å². The van der Waals surface area contributed by atoms with Gasteiger partial charge in [-0.1, -0.05) is 176 Å². The highest BCUT2D eigenvalue weighted by molar-refractivity contribution is 7.26. The third-order valence-corrected chi connectivity index (χ3v) is 13.1. The second kappa shape index (κ2) is 14.9. The summed E-state index contributed by atoms with van der Waals surface area (Å²) in [5, 5.41) is 5.04. The molecule has 0 bridgehead atoms. The van der Waals surface area contributed by atoms with Crippen molar-refractivity contribution in [3.8, 4) is 73.2 Å². The van der Waals surface area contributed by atoms with Crippen molar-refractivity contribution in [1.82, 2.24) is 19.5 Å². The Morgan fingerprint density at radius 3 is 1.50 bits per heavy atom. The van der Waals surface area contributed by atoms with Crippen LogP contribution in [0.25, 0.3) is 115 Å². The number of nitrogens with zero attached hydrogens (tertiary/aromatic N) is 4. The molecule has 0 fully saturated rings. The monoisotopic (exact) mass is 808 g/mol. The number of hydrogen-bond donors (Lipinski definition) is 0. The van der Waals surface area contributed by atoms with Crippen LogP contribution in [0, 0.1) is 0 Å². The highest BCUT2D eigenvalue weighted by Gasteiger charge is 2.21. The summed E-state index contributed by atoms with van der Waals surface area (Å²) in [7, 11) is 0. The summed E-state index contributed by atoms with van der Waals surface area (Å²) in [4.78, 5) is 15.9. The smallest absolute Gasteiger partial charge is 0.164 e. The minimum Gasteiger partial charge on any atom is -0.308 e. The number of para-hydroxylation sites is 1. The summed E-state index contributed by atoms with van der Waals surface area (Å²) in [6, 6.07) is 77.3. The van der Waals surface area contributed by atoms with E-state index in [1.807, 2.05) is 23.5 Å². The van der Waals surface area contributed by atoms with E-state index in [0.717, 1.165) is 55.8 Å². The number of fused-ring (bicyclic) bond motifs is 7. The van der Waals surface area contributed by atoms with Crippen molar-refractivity contribution >= 4 is 53.3 Å². The highest BCUT2D eigenvalue weighted by Crippen LogP contribution is 2.44. The molecular formula is C57H36N4S. The maximum absolute atomic E-state index is 5.33. The zero-order valence-corrected chi connectivity index (χ0v) is 34.3. The lowest BCUT2D eigenvalue weighted by molar-refractivity contribution is 1.07. The van der Waals surface area contributed by atoms with Gasteiger partial charge in [0.05, 0.1) is 15.7 Å². The second-order valence-electron chi connectivity index (χ2n) is 15.6. The Labute approximate surface area is 362 Å². The van der Waals surface area contributed by atoms with E-state index in [1.54, 1.807) is 0 Å². The van der Waals surface area contributed by atoms with E-state index >= 15 is 0 Å². The number of thiophene rings is 1. The van der Waals surface area contributed by atoms with Crippen molar-refractivity contribution in [1.29, 1.82) is 0 Å². The van der Waals surface area contributed by atoms with E-state index in [-0.39, 0.29) is 0 Å². The lowest BCUT2D eigenvalue weighted by atomic mass is 9.97. The van der Waals surface area contributed by atoms with Gasteiger partial charge >= 0.3 is 0 Å². The molecule has 9 aromatic carbocycles. The summed E-state index contributed by atoms with van der Waals surface area (Å²) in [6.45, 7) is 0. The van der Waals surface area contributed by atoms with Crippen LogP contribution in [-0.4, -0.2) is 19.5 Å². The van der Waals surface area contributed by atoms with Crippen molar-refractivity contribution in [3.63, 3.8) is 0 Å². The maximum atomic E-state index is 5.33. The van der Waals surface area contributed by atoms with E-state index < -0.39 is 0 Å². The van der Waals surface area contributed by atoms with Gasteiger partial charge in [0.15, 0.2) is 17.5 Å². The summed E-state index contributed by atoms with van der Waals surface area (Å²) in [6.07, 6.45) is 0. The molecule has 0 saturated heterocycles. The van der Waals surface area contributed by atoms with Crippen LogP contribution >= 0.6 is 11.3 Å². The van der Waals surface area contributed by atoms with Crippen molar-refractivity contribution in [2.45, 2.75) is 0 Å². The van der Waals surface area contributed by atoms with E-state index in [9.17, 15) is 0 Å². The van der Waals surface area contributed by atoms with Crippen molar-refractivity contribution in [2.75, 3.05) is 0 Å². The fourth-order valence-corrected chi connectivity index (χ4v) is 10.2. The molecule has 0 aliphatic heterocycles. The van der Waals surface area contributed by atoms with Crippen LogP contribution < -0.4 is 0 Å². The predicted molar refractivity (Wildman–Crippen MR) is 260 cm³/mol. The Morgan fingerprint density at radius 2 is 0.839 bits per heavy atom. The SMILES string of the molecule is c1ccc(-c2cccc(-c3nc(-c4cccc(-c5ccccc5)c4)nc(-c4ccc(-n5c6ccccc6c6ccc7c8ccccc8sc7c65)cc4-c4ccccc4)n3)c2)cc1. The zero-order chi connectivity index (χ0) is 41.0. The van der Waals surface area contributed by atoms with Crippen LogP contribution in [0.15, 0.2) is 218 Å². The molecule has 0 unspecified atom stereocenters. The third-order valence-electron chi connectivity index (χ3n) is 11.9. The summed E-state index contributed by atoms with van der Waals surface area (Å²) >= 11 is 1.87. The summed E-state index contributed by atoms with van der Waals surface area (Å²) in [5.74, 6) is 1.84. The molecule has 12 aromatic rings. The van der Waals surface area contributed by atoms with Gasteiger partial charge < -0.3 is 4.57 Å². The normalized spacial score (nSPS) is 11.5. The minimum atomic E-state index is 0.611. The molecule has 0 aliphatic carbocycles. The molecule has 0 atom stereocenters. The second-order valence-corrected chi connectivity index (χ2v) is 16.6. The number of hydrogen-bond acceptors (Lipinski definition) is 4. The Kier molecular flexibility index (Phi) is 8.65. The van der Waals surface area contributed by atoms with Gasteiger partial charge in [-0.3, -0.25) is 0 Å². The Balaban J connectivity index is 1.10. The average Bonchev–Trinajstić information content (AvgIpc) is 3.91. The first kappa shape index (κ1) is 35.9. The maximum Gasteiger partial charge on any atom is 0.164 e. The standard InChI is InChI=1S/C57H36N4S/c1-4-16-37(17-5-1)40-22-14-24-42(34-40)55-58-56(43-25-15-23-41(35-43)38-18-6-2-7-19-38)60-57(59-55)49-31-30-44(36-50(49)39-20-8-3-9-21-39)61-51-28-12-10-26-45(51)47-32-33-48-46-27-11-13-29-52(46)62-54(48)53(47)61/h1-36H. The largest absolute Gasteiger partial charge is 0.308 e. The molecule has 0 amide bonds. The molecule has 12 rings (SSSR count). The lowest BCUT2D eigenvalue weighted by Gasteiger charge is -2.16. The van der Waals surface area contributed by atoms with E-state index in [4.69, 9.17) is 15.0 Å². The van der Waals surface area contributed by atoms with Gasteiger partial charge in [-0.15, -0.1) is 11.3 Å². The van der Waals surface area contributed by atoms with Gasteiger partial charge in [-0.25, -0.2) is 15.0 Å². The number of benzene rings is 9. The van der Waals surface area contributed by atoms with Crippen LogP contribution in [0.1, 0.15) is 0 Å². The molecule has 3 aromatic heterocycles. The number of aromatic nitrogens is 4. The van der Waals surface area contributed by atoms with Crippen molar-refractivity contribution in [3.05, 3.63) is 218 Å². The van der Waals surface area contributed by atoms with Crippen LogP contribution in [0.4, 0.5) is 0 Å². The molecule has 62 heavy (non-hydrogen) atoms. The van der Waals surface area contributed by atoms with Gasteiger partial charge in [0.1, 0.15) is 0 Å². The Bertz CT molecular complexity index is 3530.